The summed E-state index contributed by atoms with van der Waals surface area (Å²) in [5.74, 6) is -0.645. The molecule has 0 radical (unpaired) electrons. The van der Waals surface area contributed by atoms with Gasteiger partial charge in [0.2, 0.25) is 0 Å². The fourth-order valence-corrected chi connectivity index (χ4v) is 2.90. The normalized spacial score (nSPS) is 11.0. The Morgan fingerprint density at radius 3 is 2.55 bits per heavy atom. The maximum atomic E-state index is 12.5. The molecule has 0 saturated carbocycles. The van der Waals surface area contributed by atoms with Gasteiger partial charge < -0.3 is 9.88 Å². The van der Waals surface area contributed by atoms with Crippen molar-refractivity contribution in [3.8, 4) is 11.8 Å². The highest BCUT2D eigenvalue weighted by atomic mass is 35.5. The van der Waals surface area contributed by atoms with Crippen molar-refractivity contribution in [3.63, 3.8) is 0 Å². The second kappa shape index (κ2) is 8.61. The van der Waals surface area contributed by atoms with Gasteiger partial charge in [-0.2, -0.15) is 5.26 Å². The molecular weight excluding hydrogens is 415 g/mol. The number of non-ortho nitro benzene ring substituents is 1. The number of hydrogen-bond acceptors (Lipinski definition) is 4. The van der Waals surface area contributed by atoms with Crippen LogP contribution in [0.4, 0.5) is 11.4 Å². The Morgan fingerprint density at radius 1 is 1.17 bits per heavy atom. The number of nitrogens with one attached hydrogen (secondary N) is 1. The monoisotopic (exact) mass is 426 g/mol. The maximum absolute atomic E-state index is 12.5. The molecule has 0 aliphatic rings. The van der Waals surface area contributed by atoms with Crippen molar-refractivity contribution in [2.24, 2.45) is 0 Å². The standard InChI is InChI=1S/C20H12Cl2N4O3/c21-14-3-8-18(22)19(11-14)24-20(27)13(12-23)10-17-2-1-9-25(17)15-4-6-16(7-5-15)26(28)29/h1-11H,(H,24,27)/b13-10+. The summed E-state index contributed by atoms with van der Waals surface area (Å²) in [5.41, 5.74) is 1.29. The molecular formula is C20H12Cl2N4O3. The molecule has 9 heteroatoms. The first-order chi connectivity index (χ1) is 13.9. The Bertz CT molecular complexity index is 1160. The smallest absolute Gasteiger partial charge is 0.269 e. The van der Waals surface area contributed by atoms with Crippen molar-refractivity contribution in [1.82, 2.24) is 4.57 Å². The summed E-state index contributed by atoms with van der Waals surface area (Å²) >= 11 is 12.0. The van der Waals surface area contributed by atoms with Crippen molar-refractivity contribution in [2.45, 2.75) is 0 Å². The van der Waals surface area contributed by atoms with Crippen LogP contribution in [-0.4, -0.2) is 15.4 Å². The first-order valence-electron chi connectivity index (χ1n) is 8.19. The molecule has 0 aliphatic carbocycles. The van der Waals surface area contributed by atoms with Gasteiger partial charge in [0, 0.05) is 34.7 Å². The molecule has 1 N–H and O–H groups in total. The number of nitrogens with zero attached hydrogens (tertiary/aromatic N) is 3. The quantitative estimate of drug-likeness (QED) is 0.261. The van der Waals surface area contributed by atoms with Crippen molar-refractivity contribution < 1.29 is 9.72 Å². The summed E-state index contributed by atoms with van der Waals surface area (Å²) in [6.07, 6.45) is 3.13. The van der Waals surface area contributed by atoms with E-state index in [-0.39, 0.29) is 22.0 Å². The molecule has 0 aliphatic heterocycles. The zero-order valence-electron chi connectivity index (χ0n) is 14.7. The molecule has 0 bridgehead atoms. The Kier molecular flexibility index (Phi) is 5.98. The Morgan fingerprint density at radius 2 is 1.90 bits per heavy atom. The number of amides is 1. The molecule has 1 heterocycles. The fourth-order valence-electron chi connectivity index (χ4n) is 2.56. The minimum absolute atomic E-state index is 0.0338. The van der Waals surface area contributed by atoms with E-state index in [0.717, 1.165) is 0 Å². The topological polar surface area (TPSA) is 101 Å². The zero-order valence-corrected chi connectivity index (χ0v) is 16.2. The highest BCUT2D eigenvalue weighted by molar-refractivity contribution is 6.36. The van der Waals surface area contributed by atoms with E-state index < -0.39 is 10.8 Å². The van der Waals surface area contributed by atoms with Gasteiger partial charge in [0.25, 0.3) is 11.6 Å². The van der Waals surface area contributed by atoms with Crippen LogP contribution in [0.25, 0.3) is 11.8 Å². The molecule has 3 aromatic rings. The van der Waals surface area contributed by atoms with Gasteiger partial charge in [0.05, 0.1) is 15.6 Å². The molecule has 7 nitrogen and oxygen atoms in total. The fraction of sp³-hybridized carbons (Fsp3) is 0. The first kappa shape index (κ1) is 20.1. The largest absolute Gasteiger partial charge is 0.320 e. The number of benzene rings is 2. The number of hydrogen-bond donors (Lipinski definition) is 1. The van der Waals surface area contributed by atoms with E-state index in [2.05, 4.69) is 5.32 Å². The van der Waals surface area contributed by atoms with Gasteiger partial charge in [-0.1, -0.05) is 23.2 Å². The van der Waals surface area contributed by atoms with Crippen LogP contribution in [-0.2, 0) is 4.79 Å². The number of nitro groups is 1. The van der Waals surface area contributed by atoms with Crippen molar-refractivity contribution >= 4 is 46.6 Å². The number of nitro benzene ring substituents is 1. The highest BCUT2D eigenvalue weighted by Crippen LogP contribution is 2.26. The predicted molar refractivity (Wildman–Crippen MR) is 111 cm³/mol. The molecule has 0 saturated heterocycles. The van der Waals surface area contributed by atoms with Crippen LogP contribution < -0.4 is 5.32 Å². The number of anilines is 1. The summed E-state index contributed by atoms with van der Waals surface area (Å²) in [7, 11) is 0. The average Bonchev–Trinajstić information content (AvgIpc) is 3.17. The van der Waals surface area contributed by atoms with Crippen LogP contribution in [0.1, 0.15) is 5.69 Å². The minimum atomic E-state index is -0.645. The maximum Gasteiger partial charge on any atom is 0.269 e. The van der Waals surface area contributed by atoms with E-state index in [1.807, 2.05) is 6.07 Å². The molecule has 1 aromatic heterocycles. The Hall–Kier alpha value is -3.60. The van der Waals surface area contributed by atoms with Gasteiger partial charge in [-0.3, -0.25) is 14.9 Å². The van der Waals surface area contributed by atoms with Crippen LogP contribution in [0.15, 0.2) is 66.4 Å². The predicted octanol–water partition coefficient (Wildman–Crippen LogP) is 5.24. The van der Waals surface area contributed by atoms with Gasteiger partial charge in [-0.05, 0) is 48.5 Å². The van der Waals surface area contributed by atoms with Crippen molar-refractivity contribution in [1.29, 1.82) is 5.26 Å². The number of nitriles is 1. The Labute approximate surface area is 175 Å². The van der Waals surface area contributed by atoms with E-state index in [1.165, 1.54) is 30.3 Å². The van der Waals surface area contributed by atoms with E-state index in [1.54, 1.807) is 41.1 Å². The van der Waals surface area contributed by atoms with Gasteiger partial charge in [-0.15, -0.1) is 0 Å². The third-order valence-electron chi connectivity index (χ3n) is 3.95. The van der Waals surface area contributed by atoms with Crippen LogP contribution in [0.3, 0.4) is 0 Å². The Balaban J connectivity index is 1.89. The van der Waals surface area contributed by atoms with E-state index in [9.17, 15) is 20.2 Å². The summed E-state index contributed by atoms with van der Waals surface area (Å²) in [6.45, 7) is 0. The summed E-state index contributed by atoms with van der Waals surface area (Å²) in [6, 6.07) is 15.8. The molecule has 0 spiro atoms. The van der Waals surface area contributed by atoms with Gasteiger partial charge in [0.15, 0.2) is 0 Å². The lowest BCUT2D eigenvalue weighted by molar-refractivity contribution is -0.384. The molecule has 0 atom stereocenters. The van der Waals surface area contributed by atoms with Crippen molar-refractivity contribution in [2.75, 3.05) is 5.32 Å². The lowest BCUT2D eigenvalue weighted by Gasteiger charge is -2.09. The van der Waals surface area contributed by atoms with Crippen LogP contribution in [0, 0.1) is 21.4 Å². The molecule has 2 aromatic carbocycles. The zero-order chi connectivity index (χ0) is 21.0. The summed E-state index contributed by atoms with van der Waals surface area (Å²) in [5, 5.41) is 23.5. The number of carbonyl (C=O) groups excluding carboxylic acids is 1. The van der Waals surface area contributed by atoms with E-state index >= 15 is 0 Å². The van der Waals surface area contributed by atoms with Gasteiger partial charge in [-0.25, -0.2) is 0 Å². The highest BCUT2D eigenvalue weighted by Gasteiger charge is 2.14. The summed E-state index contributed by atoms with van der Waals surface area (Å²) in [4.78, 5) is 22.8. The van der Waals surface area contributed by atoms with Gasteiger partial charge in [0.1, 0.15) is 11.6 Å². The van der Waals surface area contributed by atoms with Gasteiger partial charge >= 0.3 is 0 Å². The molecule has 29 heavy (non-hydrogen) atoms. The second-order valence-corrected chi connectivity index (χ2v) is 6.67. The van der Waals surface area contributed by atoms with Crippen molar-refractivity contribution in [3.05, 3.63) is 92.2 Å². The summed E-state index contributed by atoms with van der Waals surface area (Å²) < 4.78 is 1.70. The van der Waals surface area contributed by atoms with Crippen LogP contribution in [0.2, 0.25) is 10.0 Å². The van der Waals surface area contributed by atoms with E-state index in [4.69, 9.17) is 23.2 Å². The lowest BCUT2D eigenvalue weighted by atomic mass is 10.2. The number of carbonyl (C=O) groups is 1. The third-order valence-corrected chi connectivity index (χ3v) is 4.52. The minimum Gasteiger partial charge on any atom is -0.320 e. The number of halogens is 2. The molecule has 1 amide bonds. The van der Waals surface area contributed by atoms with Crippen LogP contribution in [0.5, 0.6) is 0 Å². The first-order valence-corrected chi connectivity index (χ1v) is 8.95. The molecule has 144 valence electrons. The number of aromatic nitrogens is 1. The second-order valence-electron chi connectivity index (χ2n) is 5.82. The van der Waals surface area contributed by atoms with Crippen LogP contribution >= 0.6 is 23.2 Å². The third kappa shape index (κ3) is 4.63. The molecule has 0 unspecified atom stereocenters. The SMILES string of the molecule is N#C/C(=C\c1cccn1-c1ccc([N+](=O)[O-])cc1)C(=O)Nc1cc(Cl)ccc1Cl. The average molecular weight is 427 g/mol. The lowest BCUT2D eigenvalue weighted by Crippen LogP contribution is -2.14. The number of rotatable bonds is 5. The molecule has 3 rings (SSSR count). The van der Waals surface area contributed by atoms with E-state index in [0.29, 0.717) is 16.4 Å². The molecule has 0 fully saturated rings.